The van der Waals surface area contributed by atoms with Gasteiger partial charge in [0.25, 0.3) is 0 Å². The molecule has 1 aliphatic rings. The maximum atomic E-state index is 12.0. The Kier molecular flexibility index (Phi) is 3.68. The number of nitrogens with one attached hydrogen (secondary N) is 2. The Bertz CT molecular complexity index is 263. The number of amides is 2. The Hall–Kier alpha value is -1.10. The number of nitrogens with zero attached hydrogens (tertiary/aromatic N) is 1. The fourth-order valence-electron chi connectivity index (χ4n) is 1.48. The average molecular weight is 213 g/mol. The van der Waals surface area contributed by atoms with Gasteiger partial charge in [0.05, 0.1) is 12.1 Å². The van der Waals surface area contributed by atoms with E-state index in [1.807, 2.05) is 13.8 Å². The number of rotatable bonds is 2. The lowest BCUT2D eigenvalue weighted by Crippen LogP contribution is -2.54. The lowest BCUT2D eigenvalue weighted by atomic mass is 10.0. The van der Waals surface area contributed by atoms with Gasteiger partial charge in [-0.25, -0.2) is 0 Å². The zero-order chi connectivity index (χ0) is 11.5. The molecule has 2 amide bonds. The predicted octanol–water partition coefficient (Wildman–Crippen LogP) is -0.667. The molecule has 0 saturated carbocycles. The highest BCUT2D eigenvalue weighted by molar-refractivity contribution is 5.90. The minimum atomic E-state index is -0.607. The first-order valence-corrected chi connectivity index (χ1v) is 5.22. The molecule has 1 heterocycles. The lowest BCUT2D eigenvalue weighted by molar-refractivity contribution is -0.139. The van der Waals surface area contributed by atoms with E-state index >= 15 is 0 Å². The van der Waals surface area contributed by atoms with E-state index in [1.54, 1.807) is 11.9 Å². The molecule has 0 aromatic rings. The lowest BCUT2D eigenvalue weighted by Gasteiger charge is -2.30. The summed E-state index contributed by atoms with van der Waals surface area (Å²) >= 11 is 0. The number of hydrogen-bond donors (Lipinski definition) is 2. The van der Waals surface area contributed by atoms with E-state index in [1.165, 1.54) is 0 Å². The first-order valence-electron chi connectivity index (χ1n) is 5.22. The predicted molar refractivity (Wildman–Crippen MR) is 57.3 cm³/mol. The Morgan fingerprint density at radius 2 is 2.20 bits per heavy atom. The monoisotopic (exact) mass is 213 g/mol. The minimum Gasteiger partial charge on any atom is -0.354 e. The minimum absolute atomic E-state index is 0.0259. The molecule has 0 unspecified atom stereocenters. The van der Waals surface area contributed by atoms with Gasteiger partial charge >= 0.3 is 0 Å². The van der Waals surface area contributed by atoms with Crippen molar-refractivity contribution in [1.82, 2.24) is 15.5 Å². The van der Waals surface area contributed by atoms with E-state index in [0.29, 0.717) is 13.1 Å². The van der Waals surface area contributed by atoms with Gasteiger partial charge < -0.3 is 15.5 Å². The summed E-state index contributed by atoms with van der Waals surface area (Å²) in [6, 6.07) is 0. The summed E-state index contributed by atoms with van der Waals surface area (Å²) in [6.45, 7) is 5.10. The molecule has 86 valence electrons. The van der Waals surface area contributed by atoms with Crippen molar-refractivity contribution < 1.29 is 9.59 Å². The third-order valence-corrected chi connectivity index (χ3v) is 2.71. The Morgan fingerprint density at radius 3 is 2.80 bits per heavy atom. The molecular weight excluding hydrogens is 194 g/mol. The molecule has 0 radical (unpaired) electrons. The van der Waals surface area contributed by atoms with Crippen LogP contribution in [0.25, 0.3) is 0 Å². The first-order chi connectivity index (χ1) is 6.97. The molecule has 2 N–H and O–H groups in total. The first kappa shape index (κ1) is 12.0. The van der Waals surface area contributed by atoms with E-state index in [4.69, 9.17) is 0 Å². The number of hydrogen-bond acceptors (Lipinski definition) is 3. The standard InChI is InChI=1S/C10H19N3O2/c1-10(2,11-3)9(15)13-6-4-5-12-8(14)7-13/h11H,4-7H2,1-3H3,(H,12,14). The zero-order valence-corrected chi connectivity index (χ0v) is 9.59. The van der Waals surface area contributed by atoms with E-state index < -0.39 is 5.54 Å². The summed E-state index contributed by atoms with van der Waals surface area (Å²) in [5.74, 6) is -0.102. The van der Waals surface area contributed by atoms with Gasteiger partial charge in [-0.05, 0) is 27.3 Å². The summed E-state index contributed by atoms with van der Waals surface area (Å²) in [7, 11) is 1.75. The van der Waals surface area contributed by atoms with Crippen LogP contribution in [0.5, 0.6) is 0 Å². The van der Waals surface area contributed by atoms with Crippen LogP contribution in [0.2, 0.25) is 0 Å². The molecule has 0 aliphatic carbocycles. The van der Waals surface area contributed by atoms with Crippen LogP contribution in [-0.4, -0.2) is 48.9 Å². The van der Waals surface area contributed by atoms with Gasteiger partial charge in [0.1, 0.15) is 0 Å². The number of carbonyl (C=O) groups excluding carboxylic acids is 2. The second-order valence-corrected chi connectivity index (χ2v) is 4.31. The van der Waals surface area contributed by atoms with Crippen LogP contribution in [0.4, 0.5) is 0 Å². The van der Waals surface area contributed by atoms with Crippen molar-refractivity contribution in [2.75, 3.05) is 26.7 Å². The van der Waals surface area contributed by atoms with Crippen molar-refractivity contribution in [3.05, 3.63) is 0 Å². The third kappa shape index (κ3) is 2.92. The molecule has 0 atom stereocenters. The maximum absolute atomic E-state index is 12.0. The zero-order valence-electron chi connectivity index (χ0n) is 9.59. The van der Waals surface area contributed by atoms with Crippen molar-refractivity contribution in [2.24, 2.45) is 0 Å². The quantitative estimate of drug-likeness (QED) is 0.639. The molecule has 1 aliphatic heterocycles. The molecule has 5 heteroatoms. The fourth-order valence-corrected chi connectivity index (χ4v) is 1.48. The Labute approximate surface area is 90.2 Å². The maximum Gasteiger partial charge on any atom is 0.242 e. The molecule has 0 aromatic heterocycles. The molecular formula is C10H19N3O2. The van der Waals surface area contributed by atoms with Crippen molar-refractivity contribution in [3.63, 3.8) is 0 Å². The second kappa shape index (κ2) is 4.61. The Morgan fingerprint density at radius 1 is 1.53 bits per heavy atom. The van der Waals surface area contributed by atoms with Crippen molar-refractivity contribution in [1.29, 1.82) is 0 Å². The smallest absolute Gasteiger partial charge is 0.242 e. The highest BCUT2D eigenvalue weighted by atomic mass is 16.2. The van der Waals surface area contributed by atoms with Gasteiger partial charge in [-0.3, -0.25) is 9.59 Å². The van der Waals surface area contributed by atoms with Crippen LogP contribution >= 0.6 is 0 Å². The summed E-state index contributed by atoms with van der Waals surface area (Å²) < 4.78 is 0. The number of carbonyl (C=O) groups is 2. The van der Waals surface area contributed by atoms with Gasteiger partial charge in [-0.2, -0.15) is 0 Å². The van der Waals surface area contributed by atoms with Crippen LogP contribution in [0, 0.1) is 0 Å². The van der Waals surface area contributed by atoms with Crippen LogP contribution < -0.4 is 10.6 Å². The number of likely N-dealkylation sites (N-methyl/N-ethyl adjacent to an activating group) is 1. The summed E-state index contributed by atoms with van der Waals surface area (Å²) in [4.78, 5) is 24.9. The van der Waals surface area contributed by atoms with E-state index in [0.717, 1.165) is 6.42 Å². The topological polar surface area (TPSA) is 61.4 Å². The molecule has 0 spiro atoms. The van der Waals surface area contributed by atoms with Gasteiger partial charge in [0, 0.05) is 13.1 Å². The molecule has 0 bridgehead atoms. The largest absolute Gasteiger partial charge is 0.354 e. The van der Waals surface area contributed by atoms with Crippen molar-refractivity contribution in [3.8, 4) is 0 Å². The highest BCUT2D eigenvalue weighted by Gasteiger charge is 2.31. The molecule has 1 rings (SSSR count). The molecule has 5 nitrogen and oxygen atoms in total. The van der Waals surface area contributed by atoms with Crippen LogP contribution in [-0.2, 0) is 9.59 Å². The van der Waals surface area contributed by atoms with Gasteiger partial charge in [0.2, 0.25) is 11.8 Å². The molecule has 0 aromatic carbocycles. The normalized spacial score (nSPS) is 18.3. The summed E-state index contributed by atoms with van der Waals surface area (Å²) in [5.41, 5.74) is -0.607. The Balaban J connectivity index is 2.69. The average Bonchev–Trinajstić information content (AvgIpc) is 2.41. The van der Waals surface area contributed by atoms with E-state index in [2.05, 4.69) is 10.6 Å². The van der Waals surface area contributed by atoms with Crippen LogP contribution in [0.15, 0.2) is 0 Å². The van der Waals surface area contributed by atoms with Crippen LogP contribution in [0.1, 0.15) is 20.3 Å². The summed E-state index contributed by atoms with van der Waals surface area (Å²) in [5, 5.41) is 5.70. The SMILES string of the molecule is CNC(C)(C)C(=O)N1CCCNC(=O)C1. The second-order valence-electron chi connectivity index (χ2n) is 4.31. The van der Waals surface area contributed by atoms with Gasteiger partial charge in [0.15, 0.2) is 0 Å². The highest BCUT2D eigenvalue weighted by Crippen LogP contribution is 2.08. The van der Waals surface area contributed by atoms with Gasteiger partial charge in [-0.15, -0.1) is 0 Å². The molecule has 1 fully saturated rings. The van der Waals surface area contributed by atoms with Gasteiger partial charge in [-0.1, -0.05) is 0 Å². The van der Waals surface area contributed by atoms with E-state index in [-0.39, 0.29) is 18.4 Å². The third-order valence-electron chi connectivity index (χ3n) is 2.71. The van der Waals surface area contributed by atoms with Crippen molar-refractivity contribution in [2.45, 2.75) is 25.8 Å². The molecule has 1 saturated heterocycles. The molecule has 15 heavy (non-hydrogen) atoms. The van der Waals surface area contributed by atoms with E-state index in [9.17, 15) is 9.59 Å². The van der Waals surface area contributed by atoms with Crippen molar-refractivity contribution >= 4 is 11.8 Å². The van der Waals surface area contributed by atoms with Crippen LogP contribution in [0.3, 0.4) is 0 Å². The summed E-state index contributed by atoms with van der Waals surface area (Å²) in [6.07, 6.45) is 0.817. The fraction of sp³-hybridized carbons (Fsp3) is 0.800.